The molecule has 29 heavy (non-hydrogen) atoms. The van der Waals surface area contributed by atoms with Crippen LogP contribution in [0.4, 0.5) is 5.69 Å². The van der Waals surface area contributed by atoms with Gasteiger partial charge in [-0.1, -0.05) is 11.6 Å². The summed E-state index contributed by atoms with van der Waals surface area (Å²) in [7, 11) is 1.47. The molecule has 0 aliphatic carbocycles. The number of anilines is 1. The lowest BCUT2D eigenvalue weighted by atomic mass is 10.3. The average Bonchev–Trinajstić information content (AvgIpc) is 2.69. The maximum atomic E-state index is 12.9. The summed E-state index contributed by atoms with van der Waals surface area (Å²) < 4.78 is 36.0. The van der Waals surface area contributed by atoms with Crippen LogP contribution >= 0.6 is 11.6 Å². The van der Waals surface area contributed by atoms with E-state index in [9.17, 15) is 13.2 Å². The molecule has 0 radical (unpaired) electrons. The molecule has 2 aromatic rings. The number of benzene rings is 2. The summed E-state index contributed by atoms with van der Waals surface area (Å²) in [6.07, 6.45) is 0.848. The third-order valence-electron chi connectivity index (χ3n) is 4.04. The van der Waals surface area contributed by atoms with E-state index in [-0.39, 0.29) is 21.4 Å². The predicted octanol–water partition coefficient (Wildman–Crippen LogP) is 3.09. The van der Waals surface area contributed by atoms with Crippen molar-refractivity contribution in [2.45, 2.75) is 16.2 Å². The molecule has 7 nitrogen and oxygen atoms in total. The molecule has 0 aliphatic rings. The highest BCUT2D eigenvalue weighted by molar-refractivity contribution is 7.91. The monoisotopic (exact) mass is 440 g/mol. The fourth-order valence-corrected chi connectivity index (χ4v) is 4.27. The van der Waals surface area contributed by atoms with E-state index in [0.717, 1.165) is 13.0 Å². The summed E-state index contributed by atoms with van der Waals surface area (Å²) in [5.74, 6) is 0.104. The Labute approximate surface area is 176 Å². The number of nitrogens with zero attached hydrogens (tertiary/aromatic N) is 1. The van der Waals surface area contributed by atoms with Crippen LogP contribution in [-0.2, 0) is 19.4 Å². The first-order valence-corrected chi connectivity index (χ1v) is 10.8. The Hall–Kier alpha value is -2.29. The molecule has 0 aliphatic heterocycles. The second kappa shape index (κ2) is 10.5. The van der Waals surface area contributed by atoms with Crippen molar-refractivity contribution in [3.8, 4) is 5.75 Å². The van der Waals surface area contributed by atoms with Crippen molar-refractivity contribution in [1.82, 2.24) is 4.90 Å². The van der Waals surface area contributed by atoms with Gasteiger partial charge >= 0.3 is 5.97 Å². The van der Waals surface area contributed by atoms with E-state index in [1.54, 1.807) is 18.2 Å². The number of nitrogens with one attached hydrogen (secondary N) is 1. The van der Waals surface area contributed by atoms with E-state index in [1.807, 2.05) is 14.1 Å². The van der Waals surface area contributed by atoms with Crippen LogP contribution in [0.15, 0.2) is 52.3 Å². The Morgan fingerprint density at radius 1 is 1.14 bits per heavy atom. The minimum atomic E-state index is -3.79. The number of esters is 1. The lowest BCUT2D eigenvalue weighted by Crippen LogP contribution is -2.15. The van der Waals surface area contributed by atoms with Gasteiger partial charge in [0.1, 0.15) is 12.3 Å². The van der Waals surface area contributed by atoms with Crippen molar-refractivity contribution >= 4 is 33.1 Å². The number of sulfone groups is 1. The Morgan fingerprint density at radius 2 is 1.83 bits per heavy atom. The van der Waals surface area contributed by atoms with Gasteiger partial charge in [-0.25, -0.2) is 8.42 Å². The first-order valence-electron chi connectivity index (χ1n) is 8.97. The molecule has 0 saturated carbocycles. The van der Waals surface area contributed by atoms with E-state index in [2.05, 4.69) is 15.0 Å². The van der Waals surface area contributed by atoms with Gasteiger partial charge in [-0.3, -0.25) is 4.79 Å². The van der Waals surface area contributed by atoms with Gasteiger partial charge in [-0.2, -0.15) is 0 Å². The fraction of sp³-hybridized carbons (Fsp3) is 0.350. The average molecular weight is 441 g/mol. The maximum absolute atomic E-state index is 12.9. The third-order valence-corrected chi connectivity index (χ3v) is 6.29. The summed E-state index contributed by atoms with van der Waals surface area (Å²) in [6.45, 7) is 1.40. The first-order chi connectivity index (χ1) is 13.7. The molecular weight excluding hydrogens is 416 g/mol. The molecule has 2 rings (SSSR count). The van der Waals surface area contributed by atoms with Gasteiger partial charge in [0.05, 0.1) is 28.5 Å². The zero-order valence-corrected chi connectivity index (χ0v) is 18.2. The number of halogens is 1. The number of ether oxygens (including phenoxy) is 2. The Balaban J connectivity index is 2.09. The van der Waals surface area contributed by atoms with Crippen LogP contribution in [0, 0.1) is 0 Å². The molecule has 1 N–H and O–H groups in total. The normalized spacial score (nSPS) is 11.3. The maximum Gasteiger partial charge on any atom is 0.325 e. The van der Waals surface area contributed by atoms with Crippen molar-refractivity contribution < 1.29 is 22.7 Å². The fourth-order valence-electron chi connectivity index (χ4n) is 2.49. The molecular formula is C20H25ClN2O5S. The Bertz CT molecular complexity index is 930. The van der Waals surface area contributed by atoms with Crippen LogP contribution in [0.5, 0.6) is 5.75 Å². The third kappa shape index (κ3) is 6.62. The smallest absolute Gasteiger partial charge is 0.325 e. The predicted molar refractivity (Wildman–Crippen MR) is 113 cm³/mol. The van der Waals surface area contributed by atoms with E-state index in [4.69, 9.17) is 16.3 Å². The molecule has 2 aromatic carbocycles. The van der Waals surface area contributed by atoms with Crippen molar-refractivity contribution in [3.63, 3.8) is 0 Å². The van der Waals surface area contributed by atoms with Gasteiger partial charge in [0, 0.05) is 18.3 Å². The van der Waals surface area contributed by atoms with Gasteiger partial charge in [0.2, 0.25) is 9.84 Å². The molecule has 0 amide bonds. The Kier molecular flexibility index (Phi) is 8.31. The number of carbonyl (C=O) groups excluding carboxylic acids is 1. The molecule has 0 fully saturated rings. The van der Waals surface area contributed by atoms with Crippen molar-refractivity contribution in [2.24, 2.45) is 0 Å². The van der Waals surface area contributed by atoms with Crippen LogP contribution in [0.1, 0.15) is 6.42 Å². The van der Waals surface area contributed by atoms with E-state index in [0.29, 0.717) is 18.0 Å². The van der Waals surface area contributed by atoms with Gasteiger partial charge in [0.15, 0.2) is 0 Å². The van der Waals surface area contributed by atoms with Gasteiger partial charge in [0.25, 0.3) is 0 Å². The summed E-state index contributed by atoms with van der Waals surface area (Å²) in [4.78, 5) is 13.3. The van der Waals surface area contributed by atoms with Crippen LogP contribution in [0.2, 0.25) is 5.02 Å². The van der Waals surface area contributed by atoms with Gasteiger partial charge < -0.3 is 19.7 Å². The topological polar surface area (TPSA) is 84.9 Å². The summed E-state index contributed by atoms with van der Waals surface area (Å²) in [5, 5.41) is 2.95. The lowest BCUT2D eigenvalue weighted by molar-refractivity contribution is -0.138. The summed E-state index contributed by atoms with van der Waals surface area (Å²) in [5.41, 5.74) is 0.599. The van der Waals surface area contributed by atoms with E-state index >= 15 is 0 Å². The quantitative estimate of drug-likeness (QED) is 0.448. The zero-order valence-electron chi connectivity index (χ0n) is 16.6. The molecule has 0 aromatic heterocycles. The van der Waals surface area contributed by atoms with E-state index in [1.165, 1.54) is 31.4 Å². The number of hydrogen-bond acceptors (Lipinski definition) is 7. The van der Waals surface area contributed by atoms with Crippen LogP contribution in [0.25, 0.3) is 0 Å². The molecule has 0 heterocycles. The molecule has 0 atom stereocenters. The van der Waals surface area contributed by atoms with E-state index < -0.39 is 15.8 Å². The highest BCUT2D eigenvalue weighted by atomic mass is 35.5. The zero-order chi connectivity index (χ0) is 21.4. The molecule has 0 saturated heterocycles. The van der Waals surface area contributed by atoms with Gasteiger partial charge in [-0.05, 0) is 56.9 Å². The number of rotatable bonds is 10. The molecule has 0 unspecified atom stereocenters. The largest absolute Gasteiger partial charge is 0.493 e. The second-order valence-electron chi connectivity index (χ2n) is 6.56. The summed E-state index contributed by atoms with van der Waals surface area (Å²) >= 11 is 6.23. The van der Waals surface area contributed by atoms with Gasteiger partial charge in [-0.15, -0.1) is 0 Å². The number of carbonyl (C=O) groups is 1. The highest BCUT2D eigenvalue weighted by Gasteiger charge is 2.21. The van der Waals surface area contributed by atoms with Crippen LogP contribution < -0.4 is 10.1 Å². The van der Waals surface area contributed by atoms with Crippen molar-refractivity contribution in [1.29, 1.82) is 0 Å². The number of hydrogen-bond donors (Lipinski definition) is 1. The molecule has 0 bridgehead atoms. The SMILES string of the molecule is COC(=O)CNc1ccc(S(=O)(=O)c2ccc(OCCCN(C)C)cc2Cl)cc1. The molecule has 158 valence electrons. The number of methoxy groups -OCH3 is 1. The molecule has 0 spiro atoms. The highest BCUT2D eigenvalue weighted by Crippen LogP contribution is 2.31. The summed E-state index contributed by atoms with van der Waals surface area (Å²) in [6, 6.07) is 10.6. The van der Waals surface area contributed by atoms with Crippen LogP contribution in [0.3, 0.4) is 0 Å². The lowest BCUT2D eigenvalue weighted by Gasteiger charge is -2.12. The van der Waals surface area contributed by atoms with Crippen LogP contribution in [-0.4, -0.2) is 60.2 Å². The minimum Gasteiger partial charge on any atom is -0.493 e. The standard InChI is InChI=1S/C20H25ClN2O5S/c1-23(2)11-4-12-28-16-7-10-19(18(21)13-16)29(25,26)17-8-5-15(6-9-17)22-14-20(24)27-3/h5-10,13,22H,4,11-12,14H2,1-3H3. The van der Waals surface area contributed by atoms with Crippen molar-refractivity contribution in [2.75, 3.05) is 46.2 Å². The Morgan fingerprint density at radius 3 is 2.41 bits per heavy atom. The van der Waals surface area contributed by atoms with Crippen molar-refractivity contribution in [3.05, 3.63) is 47.5 Å². The second-order valence-corrected chi connectivity index (χ2v) is 8.88. The minimum absolute atomic E-state index is 0.00933. The first kappa shape index (κ1) is 23.0. The molecule has 9 heteroatoms.